The topological polar surface area (TPSA) is 91.6 Å². The Labute approximate surface area is 279 Å². The molecule has 0 aliphatic carbocycles. The molecule has 3 atom stereocenters. The number of esters is 1. The van der Waals surface area contributed by atoms with Crippen molar-refractivity contribution >= 4 is 67.6 Å². The van der Waals surface area contributed by atoms with E-state index < -0.39 is 28.7 Å². The average Bonchev–Trinajstić information content (AvgIpc) is 3.64. The first-order valence-corrected chi connectivity index (χ1v) is 16.9. The summed E-state index contributed by atoms with van der Waals surface area (Å²) in [7, 11) is 0. The van der Waals surface area contributed by atoms with Crippen LogP contribution >= 0.6 is 27.7 Å². The number of nitrogens with zero attached hydrogens (tertiary/aromatic N) is 4. The van der Waals surface area contributed by atoms with Crippen molar-refractivity contribution in [2.75, 3.05) is 22.8 Å². The number of anilines is 2. The highest BCUT2D eigenvalue weighted by atomic mass is 79.9. The average molecular weight is 694 g/mol. The van der Waals surface area contributed by atoms with E-state index in [1.54, 1.807) is 24.0 Å². The number of aliphatic imine (C=N–C) groups is 1. The van der Waals surface area contributed by atoms with E-state index >= 15 is 9.59 Å². The monoisotopic (exact) mass is 692 g/mol. The Bertz CT molecular complexity index is 1920. The number of fused-ring (bicyclic) bond motifs is 2. The Kier molecular flexibility index (Phi) is 7.65. The molecule has 3 heterocycles. The zero-order chi connectivity index (χ0) is 32.1. The van der Waals surface area contributed by atoms with E-state index in [4.69, 9.17) is 14.8 Å². The van der Waals surface area contributed by atoms with Crippen LogP contribution in [0.25, 0.3) is 0 Å². The van der Waals surface area contributed by atoms with E-state index in [0.29, 0.717) is 27.5 Å². The Morgan fingerprint density at radius 2 is 1.57 bits per heavy atom. The van der Waals surface area contributed by atoms with Gasteiger partial charge in [-0.05, 0) is 49.1 Å². The van der Waals surface area contributed by atoms with Crippen LogP contribution in [0.1, 0.15) is 23.6 Å². The number of carbonyl (C=O) groups is 3. The number of carbonyl (C=O) groups excluding carboxylic acids is 3. The molecule has 7 rings (SSSR count). The van der Waals surface area contributed by atoms with Crippen molar-refractivity contribution < 1.29 is 19.1 Å². The van der Waals surface area contributed by atoms with Crippen LogP contribution in [0.5, 0.6) is 0 Å². The lowest BCUT2D eigenvalue weighted by Crippen LogP contribution is -2.60. The van der Waals surface area contributed by atoms with Crippen LogP contribution in [0.4, 0.5) is 11.4 Å². The number of halogens is 1. The fourth-order valence-corrected chi connectivity index (χ4v) is 8.13. The fourth-order valence-electron chi connectivity index (χ4n) is 6.90. The maximum absolute atomic E-state index is 15.3. The third kappa shape index (κ3) is 4.30. The molecule has 230 valence electrons. The molecule has 46 heavy (non-hydrogen) atoms. The minimum absolute atomic E-state index is 0.0533. The Morgan fingerprint density at radius 1 is 0.913 bits per heavy atom. The van der Waals surface area contributed by atoms with Crippen molar-refractivity contribution in [3.05, 3.63) is 130 Å². The number of hydrogen-bond donors (Lipinski definition) is 0. The molecule has 4 aromatic carbocycles. The van der Waals surface area contributed by atoms with Gasteiger partial charge < -0.3 is 9.64 Å². The predicted octanol–water partition coefficient (Wildman–Crippen LogP) is 6.38. The largest absolute Gasteiger partial charge is 0.466 e. The van der Waals surface area contributed by atoms with E-state index in [0.717, 1.165) is 10.0 Å². The molecule has 2 amide bonds. The van der Waals surface area contributed by atoms with Crippen LogP contribution in [0, 0.1) is 5.92 Å². The van der Waals surface area contributed by atoms with Crippen molar-refractivity contribution in [3.63, 3.8) is 0 Å². The van der Waals surface area contributed by atoms with Gasteiger partial charge in [0.1, 0.15) is 17.0 Å². The SMILES string of the molecule is CCOC(=O)[C@H]1[C@]2(N=C(SC)[C@@]13C(=O)N(Cc1ccccc1)c1ccc(Br)cc13)C(=O)N(c1ccccc1)N=C2c1ccccc1. The molecule has 0 saturated carbocycles. The summed E-state index contributed by atoms with van der Waals surface area (Å²) in [5.74, 6) is -2.94. The number of hydrazone groups is 1. The van der Waals surface area contributed by atoms with Gasteiger partial charge in [0.2, 0.25) is 11.4 Å². The molecule has 8 nitrogen and oxygen atoms in total. The van der Waals surface area contributed by atoms with Crippen LogP contribution < -0.4 is 9.91 Å². The molecule has 0 radical (unpaired) electrons. The maximum Gasteiger partial charge on any atom is 0.314 e. The number of ether oxygens (including phenoxy) is 1. The van der Waals surface area contributed by atoms with Gasteiger partial charge in [0.05, 0.1) is 23.9 Å². The van der Waals surface area contributed by atoms with Gasteiger partial charge in [0, 0.05) is 21.3 Å². The first-order chi connectivity index (χ1) is 22.4. The van der Waals surface area contributed by atoms with Crippen molar-refractivity contribution in [2.24, 2.45) is 16.0 Å². The zero-order valence-electron chi connectivity index (χ0n) is 25.1. The van der Waals surface area contributed by atoms with Crippen molar-refractivity contribution in [3.8, 4) is 0 Å². The predicted molar refractivity (Wildman–Crippen MR) is 184 cm³/mol. The van der Waals surface area contributed by atoms with Crippen LogP contribution in [0.2, 0.25) is 0 Å². The molecule has 0 saturated heterocycles. The minimum atomic E-state index is -1.89. The number of benzene rings is 4. The van der Waals surface area contributed by atoms with Gasteiger partial charge in [-0.15, -0.1) is 11.8 Å². The second-order valence-corrected chi connectivity index (χ2v) is 12.9. The molecule has 3 aliphatic rings. The van der Waals surface area contributed by atoms with Crippen molar-refractivity contribution in [1.82, 2.24) is 0 Å². The zero-order valence-corrected chi connectivity index (χ0v) is 27.5. The van der Waals surface area contributed by atoms with Crippen molar-refractivity contribution in [2.45, 2.75) is 24.4 Å². The molecule has 0 bridgehead atoms. The lowest BCUT2D eigenvalue weighted by Gasteiger charge is -2.35. The molecule has 0 N–H and O–H groups in total. The highest BCUT2D eigenvalue weighted by Crippen LogP contribution is 2.60. The summed E-state index contributed by atoms with van der Waals surface area (Å²) in [6, 6.07) is 33.6. The summed E-state index contributed by atoms with van der Waals surface area (Å²) in [4.78, 5) is 51.8. The summed E-state index contributed by atoms with van der Waals surface area (Å²) in [6.45, 7) is 2.03. The number of para-hydroxylation sites is 1. The normalized spacial score (nSPS) is 23.2. The van der Waals surface area contributed by atoms with Gasteiger partial charge in [-0.25, -0.2) is 0 Å². The summed E-state index contributed by atoms with van der Waals surface area (Å²) >= 11 is 4.88. The third-order valence-corrected chi connectivity index (χ3v) is 10.0. The summed E-state index contributed by atoms with van der Waals surface area (Å²) in [5.41, 5.74) is 0.0348. The molecule has 0 fully saturated rings. The minimum Gasteiger partial charge on any atom is -0.466 e. The number of thioether (sulfide) groups is 1. The molecular weight excluding hydrogens is 664 g/mol. The van der Waals surface area contributed by atoms with Crippen LogP contribution in [0.15, 0.2) is 124 Å². The lowest BCUT2D eigenvalue weighted by atomic mass is 9.63. The number of hydrogen-bond acceptors (Lipinski definition) is 7. The molecule has 10 heteroatoms. The van der Waals surface area contributed by atoms with Crippen LogP contribution in [0.3, 0.4) is 0 Å². The van der Waals surface area contributed by atoms with E-state index in [-0.39, 0.29) is 24.8 Å². The number of rotatable bonds is 6. The Hall–Kier alpha value is -4.54. The van der Waals surface area contributed by atoms with E-state index in [9.17, 15) is 4.79 Å². The molecule has 2 spiro atoms. The molecule has 0 aromatic heterocycles. The second-order valence-electron chi connectivity index (χ2n) is 11.2. The van der Waals surface area contributed by atoms with Gasteiger partial charge in [0.25, 0.3) is 5.91 Å². The molecular formula is C36H29BrN4O4S. The quantitative estimate of drug-likeness (QED) is 0.219. The highest BCUT2D eigenvalue weighted by molar-refractivity contribution is 9.10. The van der Waals surface area contributed by atoms with Crippen molar-refractivity contribution in [1.29, 1.82) is 0 Å². The van der Waals surface area contributed by atoms with Gasteiger partial charge in [-0.2, -0.15) is 10.1 Å². The first kappa shape index (κ1) is 30.1. The lowest BCUT2D eigenvalue weighted by molar-refractivity contribution is -0.154. The Balaban J connectivity index is 1.52. The highest BCUT2D eigenvalue weighted by Gasteiger charge is 2.76. The maximum atomic E-state index is 15.3. The van der Waals surface area contributed by atoms with Gasteiger partial charge in [0.15, 0.2) is 0 Å². The number of amides is 2. The standard InChI is InChI=1S/C36H29BrN4O4S/c1-3-45-31(42)29-35(27-21-25(37)19-20-28(27)40(33(35)43)22-23-13-7-4-8-14-23)32(46-2)38-36(29)30(24-15-9-5-10-16-24)39-41(34(36)44)26-17-11-6-12-18-26/h4-21,29H,3,22H2,1-2H3/t29-,35+,36-/m1/s1. The third-order valence-electron chi connectivity index (χ3n) is 8.75. The summed E-state index contributed by atoms with van der Waals surface area (Å²) < 4.78 is 6.51. The van der Waals surface area contributed by atoms with Gasteiger partial charge >= 0.3 is 5.97 Å². The smallest absolute Gasteiger partial charge is 0.314 e. The van der Waals surface area contributed by atoms with Crippen LogP contribution in [-0.2, 0) is 31.1 Å². The van der Waals surface area contributed by atoms with E-state index in [1.807, 2.05) is 103 Å². The van der Waals surface area contributed by atoms with Gasteiger partial charge in [-0.3, -0.25) is 19.4 Å². The summed E-state index contributed by atoms with van der Waals surface area (Å²) in [6.07, 6.45) is 1.82. The molecule has 3 aliphatic heterocycles. The molecule has 4 aromatic rings. The fraction of sp³-hybridized carbons (Fsp3) is 0.194. The Morgan fingerprint density at radius 3 is 2.22 bits per heavy atom. The second kappa shape index (κ2) is 11.7. The molecule has 0 unspecified atom stereocenters. The van der Waals surface area contributed by atoms with Crippen LogP contribution in [-0.4, -0.2) is 46.9 Å². The first-order valence-electron chi connectivity index (χ1n) is 14.9. The summed E-state index contributed by atoms with van der Waals surface area (Å²) in [5, 5.41) is 6.55. The van der Waals surface area contributed by atoms with Gasteiger partial charge in [-0.1, -0.05) is 94.8 Å². The van der Waals surface area contributed by atoms with E-state index in [1.165, 1.54) is 16.8 Å². The van der Waals surface area contributed by atoms with E-state index in [2.05, 4.69) is 15.9 Å².